The van der Waals surface area contributed by atoms with Crippen LogP contribution in [-0.4, -0.2) is 24.5 Å². The lowest BCUT2D eigenvalue weighted by atomic mass is 9.92. The minimum absolute atomic E-state index is 0.0767. The zero-order valence-corrected chi connectivity index (χ0v) is 12.8. The predicted octanol–water partition coefficient (Wildman–Crippen LogP) is 2.36. The first-order valence-corrected chi connectivity index (χ1v) is 7.51. The first kappa shape index (κ1) is 14.8. The molecule has 0 aromatic carbocycles. The fourth-order valence-electron chi connectivity index (χ4n) is 3.10. The summed E-state index contributed by atoms with van der Waals surface area (Å²) >= 11 is 0. The third kappa shape index (κ3) is 2.17. The number of rotatable bonds is 1. The molecule has 0 saturated heterocycles. The molecular weight excluding hydrogens is 316 g/mol. The minimum atomic E-state index is -3.05. The van der Waals surface area contributed by atoms with Crippen molar-refractivity contribution in [3.05, 3.63) is 58.2 Å². The Labute approximate surface area is 135 Å². The summed E-state index contributed by atoms with van der Waals surface area (Å²) in [5.74, 6) is -3.05. The second kappa shape index (κ2) is 5.12. The largest absolute Gasteiger partial charge is 0.291 e. The Morgan fingerprint density at radius 2 is 2.00 bits per heavy atom. The molecule has 0 fully saturated rings. The van der Waals surface area contributed by atoms with E-state index in [0.717, 1.165) is 0 Å². The zero-order valence-electron chi connectivity index (χ0n) is 12.8. The Morgan fingerprint density at radius 3 is 2.83 bits per heavy atom. The molecule has 0 spiro atoms. The van der Waals surface area contributed by atoms with Crippen LogP contribution < -0.4 is 5.56 Å². The van der Waals surface area contributed by atoms with E-state index in [1.807, 2.05) is 0 Å². The molecule has 6 nitrogen and oxygen atoms in total. The summed E-state index contributed by atoms with van der Waals surface area (Å²) in [5.41, 5.74) is 0.964. The lowest BCUT2D eigenvalue weighted by Gasteiger charge is -2.30. The van der Waals surface area contributed by atoms with Crippen molar-refractivity contribution in [3.8, 4) is 0 Å². The van der Waals surface area contributed by atoms with Crippen LogP contribution in [0.15, 0.2) is 35.5 Å². The number of nitrogens with zero attached hydrogens (tertiary/aromatic N) is 5. The average molecular weight is 329 g/mol. The molecule has 8 heteroatoms. The molecule has 1 aliphatic rings. The van der Waals surface area contributed by atoms with Gasteiger partial charge in [-0.25, -0.2) is 4.98 Å². The maximum Gasteiger partial charge on any atom is 0.291 e. The summed E-state index contributed by atoms with van der Waals surface area (Å²) in [4.78, 5) is 29.0. The topological polar surface area (TPSA) is 73.6 Å². The summed E-state index contributed by atoms with van der Waals surface area (Å²) in [6, 6.07) is 2.31. The zero-order chi connectivity index (χ0) is 16.9. The lowest BCUT2D eigenvalue weighted by molar-refractivity contribution is -0.0320. The van der Waals surface area contributed by atoms with Gasteiger partial charge in [-0.05, 0) is 19.4 Å². The van der Waals surface area contributed by atoms with Gasteiger partial charge in [0.05, 0.1) is 17.4 Å². The minimum Gasteiger partial charge on any atom is -0.282 e. The van der Waals surface area contributed by atoms with Gasteiger partial charge in [-0.2, -0.15) is 8.78 Å². The molecular formula is C16H13F2N5O. The molecule has 4 rings (SSSR count). The fraction of sp³-hybridized carbons (Fsp3) is 0.312. The molecule has 1 unspecified atom stereocenters. The third-order valence-electron chi connectivity index (χ3n) is 4.18. The average Bonchev–Trinajstić information content (AvgIpc) is 2.56. The third-order valence-corrected chi connectivity index (χ3v) is 4.18. The van der Waals surface area contributed by atoms with E-state index >= 15 is 0 Å². The molecule has 0 N–H and O–H groups in total. The van der Waals surface area contributed by atoms with Gasteiger partial charge < -0.3 is 0 Å². The van der Waals surface area contributed by atoms with Crippen molar-refractivity contribution in [2.24, 2.45) is 0 Å². The van der Waals surface area contributed by atoms with Crippen LogP contribution in [-0.2, 0) is 5.92 Å². The van der Waals surface area contributed by atoms with Crippen LogP contribution in [0.2, 0.25) is 0 Å². The molecule has 3 aromatic heterocycles. The first-order valence-electron chi connectivity index (χ1n) is 7.51. The first-order chi connectivity index (χ1) is 11.5. The van der Waals surface area contributed by atoms with Crippen molar-refractivity contribution in [2.45, 2.75) is 31.7 Å². The molecule has 0 radical (unpaired) electrons. The molecule has 1 aliphatic carbocycles. The van der Waals surface area contributed by atoms with E-state index in [2.05, 4.69) is 19.9 Å². The Hall–Kier alpha value is -2.77. The van der Waals surface area contributed by atoms with Gasteiger partial charge in [0.1, 0.15) is 11.2 Å². The quantitative estimate of drug-likeness (QED) is 0.685. The van der Waals surface area contributed by atoms with Gasteiger partial charge in [-0.15, -0.1) is 0 Å². The van der Waals surface area contributed by atoms with Crippen LogP contribution in [0.4, 0.5) is 8.78 Å². The van der Waals surface area contributed by atoms with E-state index in [-0.39, 0.29) is 23.4 Å². The van der Waals surface area contributed by atoms with Crippen LogP contribution in [0.1, 0.15) is 36.0 Å². The van der Waals surface area contributed by atoms with Crippen LogP contribution in [0.3, 0.4) is 0 Å². The van der Waals surface area contributed by atoms with Crippen molar-refractivity contribution in [1.82, 2.24) is 24.5 Å². The number of hydrogen-bond acceptors (Lipinski definition) is 5. The van der Waals surface area contributed by atoms with E-state index in [4.69, 9.17) is 0 Å². The SMILES string of the molecule is Cc1cnc2ccc(=O)n(C3CCC(F)(F)c4nccnc43)c2n1. The number of halogens is 2. The van der Waals surface area contributed by atoms with Crippen LogP contribution in [0, 0.1) is 6.92 Å². The lowest BCUT2D eigenvalue weighted by Crippen LogP contribution is -2.34. The van der Waals surface area contributed by atoms with Crippen molar-refractivity contribution in [2.75, 3.05) is 0 Å². The molecule has 24 heavy (non-hydrogen) atoms. The van der Waals surface area contributed by atoms with Crippen molar-refractivity contribution >= 4 is 11.2 Å². The Morgan fingerprint density at radius 1 is 1.21 bits per heavy atom. The van der Waals surface area contributed by atoms with E-state index in [1.54, 1.807) is 19.2 Å². The Kier molecular flexibility index (Phi) is 3.16. The van der Waals surface area contributed by atoms with Gasteiger partial charge in [0.2, 0.25) is 0 Å². The van der Waals surface area contributed by atoms with E-state index in [1.165, 1.54) is 23.0 Å². The summed E-state index contributed by atoms with van der Waals surface area (Å²) in [6.45, 7) is 1.76. The van der Waals surface area contributed by atoms with Gasteiger partial charge in [-0.3, -0.25) is 24.3 Å². The summed E-state index contributed by atoms with van der Waals surface area (Å²) in [7, 11) is 0. The molecule has 0 aliphatic heterocycles. The van der Waals surface area contributed by atoms with E-state index in [0.29, 0.717) is 16.9 Å². The van der Waals surface area contributed by atoms with E-state index in [9.17, 15) is 13.6 Å². The highest BCUT2D eigenvalue weighted by Crippen LogP contribution is 2.43. The summed E-state index contributed by atoms with van der Waals surface area (Å²) < 4.78 is 29.7. The number of alkyl halides is 2. The highest BCUT2D eigenvalue weighted by Gasteiger charge is 2.43. The maximum absolute atomic E-state index is 14.1. The molecule has 3 aromatic rings. The molecule has 0 amide bonds. The second-order valence-corrected chi connectivity index (χ2v) is 5.81. The highest BCUT2D eigenvalue weighted by atomic mass is 19.3. The Balaban J connectivity index is 2.01. The molecule has 3 heterocycles. The fourth-order valence-corrected chi connectivity index (χ4v) is 3.10. The van der Waals surface area contributed by atoms with Crippen LogP contribution in [0.25, 0.3) is 11.2 Å². The van der Waals surface area contributed by atoms with Crippen LogP contribution in [0.5, 0.6) is 0 Å². The molecule has 122 valence electrons. The molecule has 0 saturated carbocycles. The second-order valence-electron chi connectivity index (χ2n) is 5.81. The van der Waals surface area contributed by atoms with Crippen molar-refractivity contribution in [3.63, 3.8) is 0 Å². The number of pyridine rings is 1. The summed E-state index contributed by atoms with van der Waals surface area (Å²) in [6.07, 6.45) is 3.88. The number of aryl methyl sites for hydroxylation is 1. The molecule has 0 bridgehead atoms. The van der Waals surface area contributed by atoms with Crippen molar-refractivity contribution < 1.29 is 8.78 Å². The maximum atomic E-state index is 14.1. The normalized spacial score (nSPS) is 19.2. The standard InChI is InChI=1S/C16H13F2N5O/c1-9-8-21-10-2-3-12(24)23(15(10)22-9)11-4-5-16(17,18)14-13(11)19-6-7-20-14/h2-3,6-8,11H,4-5H2,1H3. The number of hydrogen-bond donors (Lipinski definition) is 0. The molecule has 1 atom stereocenters. The van der Waals surface area contributed by atoms with Gasteiger partial charge in [0, 0.05) is 31.1 Å². The predicted molar refractivity (Wildman–Crippen MR) is 81.8 cm³/mol. The summed E-state index contributed by atoms with van der Waals surface area (Å²) in [5, 5.41) is 0. The number of aromatic nitrogens is 5. The Bertz CT molecular complexity index is 1000. The van der Waals surface area contributed by atoms with E-state index < -0.39 is 18.4 Å². The van der Waals surface area contributed by atoms with Gasteiger partial charge in [-0.1, -0.05) is 0 Å². The van der Waals surface area contributed by atoms with Gasteiger partial charge >= 0.3 is 0 Å². The highest BCUT2D eigenvalue weighted by molar-refractivity contribution is 5.70. The van der Waals surface area contributed by atoms with Gasteiger partial charge in [0.15, 0.2) is 5.65 Å². The van der Waals surface area contributed by atoms with Crippen LogP contribution >= 0.6 is 0 Å². The monoisotopic (exact) mass is 329 g/mol. The number of fused-ring (bicyclic) bond motifs is 2. The smallest absolute Gasteiger partial charge is 0.282 e. The van der Waals surface area contributed by atoms with Crippen molar-refractivity contribution in [1.29, 1.82) is 0 Å². The van der Waals surface area contributed by atoms with Gasteiger partial charge in [0.25, 0.3) is 11.5 Å².